The van der Waals surface area contributed by atoms with Crippen molar-refractivity contribution in [2.45, 2.75) is 19.3 Å². The lowest BCUT2D eigenvalue weighted by atomic mass is 10.1. The SMILES string of the molecule is CCC(C(=O)OC)c1ncc(-c2ccccc2F)[nH]1. The topological polar surface area (TPSA) is 55.0 Å². The minimum Gasteiger partial charge on any atom is -0.468 e. The number of carbonyl (C=O) groups is 1. The number of aromatic amines is 1. The minimum atomic E-state index is -0.453. The standard InChI is InChI=1S/C14H15FN2O2/c1-3-9(14(18)19-2)13-16-8-12(17-13)10-6-4-5-7-11(10)15/h4-9H,3H2,1-2H3,(H,16,17). The number of esters is 1. The highest BCUT2D eigenvalue weighted by Gasteiger charge is 2.22. The predicted octanol–water partition coefficient (Wildman–Crippen LogP) is 2.88. The minimum absolute atomic E-state index is 0.330. The molecule has 2 aromatic rings. The Labute approximate surface area is 110 Å². The molecule has 0 bridgehead atoms. The van der Waals surface area contributed by atoms with Gasteiger partial charge in [0.2, 0.25) is 0 Å². The molecule has 1 heterocycles. The van der Waals surface area contributed by atoms with Gasteiger partial charge in [-0.15, -0.1) is 0 Å². The molecule has 1 atom stereocenters. The fraction of sp³-hybridized carbons (Fsp3) is 0.286. The Bertz CT molecular complexity index is 580. The van der Waals surface area contributed by atoms with Crippen molar-refractivity contribution in [2.24, 2.45) is 0 Å². The van der Waals surface area contributed by atoms with E-state index in [0.29, 0.717) is 23.5 Å². The number of nitrogens with one attached hydrogen (secondary N) is 1. The van der Waals surface area contributed by atoms with Crippen molar-refractivity contribution in [1.29, 1.82) is 0 Å². The summed E-state index contributed by atoms with van der Waals surface area (Å²) in [6, 6.07) is 6.41. The van der Waals surface area contributed by atoms with E-state index in [1.54, 1.807) is 18.2 Å². The highest BCUT2D eigenvalue weighted by Crippen LogP contribution is 2.24. The molecule has 1 unspecified atom stereocenters. The van der Waals surface area contributed by atoms with Crippen molar-refractivity contribution in [2.75, 3.05) is 7.11 Å². The number of H-pyrrole nitrogens is 1. The van der Waals surface area contributed by atoms with Crippen molar-refractivity contribution < 1.29 is 13.9 Å². The van der Waals surface area contributed by atoms with Crippen LogP contribution >= 0.6 is 0 Å². The number of hydrogen-bond acceptors (Lipinski definition) is 3. The molecule has 1 aromatic heterocycles. The summed E-state index contributed by atoms with van der Waals surface area (Å²) in [5, 5.41) is 0. The molecule has 0 amide bonds. The van der Waals surface area contributed by atoms with E-state index in [-0.39, 0.29) is 11.8 Å². The Morgan fingerprint density at radius 2 is 2.21 bits per heavy atom. The second-order valence-corrected chi connectivity index (χ2v) is 4.15. The van der Waals surface area contributed by atoms with E-state index < -0.39 is 5.92 Å². The molecule has 0 spiro atoms. The number of imidazole rings is 1. The van der Waals surface area contributed by atoms with Crippen molar-refractivity contribution in [3.05, 3.63) is 42.1 Å². The van der Waals surface area contributed by atoms with Crippen LogP contribution in [0.25, 0.3) is 11.3 Å². The quantitative estimate of drug-likeness (QED) is 0.862. The van der Waals surface area contributed by atoms with Crippen LogP contribution in [0.15, 0.2) is 30.5 Å². The number of halogens is 1. The molecule has 0 saturated heterocycles. The number of rotatable bonds is 4. The average molecular weight is 262 g/mol. The van der Waals surface area contributed by atoms with Crippen molar-refractivity contribution >= 4 is 5.97 Å². The number of aromatic nitrogens is 2. The molecule has 19 heavy (non-hydrogen) atoms. The van der Waals surface area contributed by atoms with Gasteiger partial charge in [-0.1, -0.05) is 19.1 Å². The Morgan fingerprint density at radius 1 is 1.47 bits per heavy atom. The number of carbonyl (C=O) groups excluding carboxylic acids is 1. The van der Waals surface area contributed by atoms with E-state index in [4.69, 9.17) is 4.74 Å². The molecule has 0 aliphatic rings. The summed E-state index contributed by atoms with van der Waals surface area (Å²) in [4.78, 5) is 18.7. The van der Waals surface area contributed by atoms with Gasteiger partial charge in [0.25, 0.3) is 0 Å². The molecule has 5 heteroatoms. The van der Waals surface area contributed by atoms with Gasteiger partial charge in [0, 0.05) is 5.56 Å². The van der Waals surface area contributed by atoms with Gasteiger partial charge in [0.15, 0.2) is 0 Å². The zero-order valence-electron chi connectivity index (χ0n) is 10.8. The molecule has 1 aromatic carbocycles. The fourth-order valence-corrected chi connectivity index (χ4v) is 1.94. The molecule has 4 nitrogen and oxygen atoms in total. The molecule has 0 radical (unpaired) electrons. The first-order valence-electron chi connectivity index (χ1n) is 6.05. The summed E-state index contributed by atoms with van der Waals surface area (Å²) in [6.07, 6.45) is 2.09. The molecular weight excluding hydrogens is 247 g/mol. The van der Waals surface area contributed by atoms with Crippen LogP contribution in [-0.2, 0) is 9.53 Å². The van der Waals surface area contributed by atoms with Crippen LogP contribution in [0.1, 0.15) is 25.1 Å². The Balaban J connectivity index is 2.33. The first kappa shape index (κ1) is 13.3. The Kier molecular flexibility index (Phi) is 3.94. The van der Waals surface area contributed by atoms with Gasteiger partial charge in [-0.2, -0.15) is 0 Å². The summed E-state index contributed by atoms with van der Waals surface area (Å²) in [5.41, 5.74) is 0.983. The van der Waals surface area contributed by atoms with E-state index in [2.05, 4.69) is 9.97 Å². The highest BCUT2D eigenvalue weighted by atomic mass is 19.1. The predicted molar refractivity (Wildman–Crippen MR) is 69.0 cm³/mol. The maximum Gasteiger partial charge on any atom is 0.316 e. The largest absolute Gasteiger partial charge is 0.468 e. The molecule has 0 fully saturated rings. The van der Waals surface area contributed by atoms with Gasteiger partial charge in [-0.05, 0) is 18.6 Å². The smallest absolute Gasteiger partial charge is 0.316 e. The maximum atomic E-state index is 13.7. The van der Waals surface area contributed by atoms with E-state index in [9.17, 15) is 9.18 Å². The summed E-state index contributed by atoms with van der Waals surface area (Å²) < 4.78 is 18.4. The van der Waals surface area contributed by atoms with Crippen molar-refractivity contribution in [1.82, 2.24) is 9.97 Å². The van der Waals surface area contributed by atoms with Crippen molar-refractivity contribution in [3.8, 4) is 11.3 Å². The Morgan fingerprint density at radius 3 is 2.84 bits per heavy atom. The molecule has 1 N–H and O–H groups in total. The van der Waals surface area contributed by atoms with Gasteiger partial charge < -0.3 is 9.72 Å². The molecular formula is C14H15FN2O2. The summed E-state index contributed by atoms with van der Waals surface area (Å²) >= 11 is 0. The lowest BCUT2D eigenvalue weighted by molar-refractivity contribution is -0.142. The fourth-order valence-electron chi connectivity index (χ4n) is 1.94. The van der Waals surface area contributed by atoms with Crippen LogP contribution < -0.4 is 0 Å². The highest BCUT2D eigenvalue weighted by molar-refractivity contribution is 5.77. The summed E-state index contributed by atoms with van der Waals surface area (Å²) in [7, 11) is 1.34. The zero-order valence-corrected chi connectivity index (χ0v) is 10.8. The number of methoxy groups -OCH3 is 1. The average Bonchev–Trinajstić information content (AvgIpc) is 2.89. The zero-order chi connectivity index (χ0) is 13.8. The third kappa shape index (κ3) is 2.65. The van der Waals surface area contributed by atoms with Gasteiger partial charge in [-0.25, -0.2) is 9.37 Å². The van der Waals surface area contributed by atoms with Crippen LogP contribution in [0.4, 0.5) is 4.39 Å². The van der Waals surface area contributed by atoms with Crippen LogP contribution in [-0.4, -0.2) is 23.0 Å². The normalized spacial score (nSPS) is 12.2. The second-order valence-electron chi connectivity index (χ2n) is 4.15. The molecule has 0 saturated carbocycles. The van der Waals surface area contributed by atoms with Crippen molar-refractivity contribution in [3.63, 3.8) is 0 Å². The number of benzene rings is 1. The van der Waals surface area contributed by atoms with Crippen LogP contribution in [0.5, 0.6) is 0 Å². The second kappa shape index (κ2) is 5.65. The third-order valence-electron chi connectivity index (χ3n) is 2.98. The van der Waals surface area contributed by atoms with E-state index in [0.717, 1.165) is 0 Å². The summed E-state index contributed by atoms with van der Waals surface area (Å²) in [6.45, 7) is 1.87. The van der Waals surface area contributed by atoms with Gasteiger partial charge in [0.1, 0.15) is 17.6 Å². The molecule has 100 valence electrons. The first-order chi connectivity index (χ1) is 9.17. The maximum absolute atomic E-state index is 13.7. The first-order valence-corrected chi connectivity index (χ1v) is 6.05. The van der Waals surface area contributed by atoms with Gasteiger partial charge in [-0.3, -0.25) is 4.79 Å². The number of ether oxygens (including phenoxy) is 1. The third-order valence-corrected chi connectivity index (χ3v) is 2.98. The van der Waals surface area contributed by atoms with Crippen LogP contribution in [0, 0.1) is 5.82 Å². The lowest BCUT2D eigenvalue weighted by Crippen LogP contribution is -2.14. The monoisotopic (exact) mass is 262 g/mol. The lowest BCUT2D eigenvalue weighted by Gasteiger charge is -2.09. The number of nitrogens with zero attached hydrogens (tertiary/aromatic N) is 1. The summed E-state index contributed by atoms with van der Waals surface area (Å²) in [5.74, 6) is -0.640. The van der Waals surface area contributed by atoms with Crippen LogP contribution in [0.3, 0.4) is 0 Å². The molecule has 2 rings (SSSR count). The van der Waals surface area contributed by atoms with Gasteiger partial charge >= 0.3 is 5.97 Å². The molecule has 0 aliphatic heterocycles. The Hall–Kier alpha value is -2.17. The molecule has 0 aliphatic carbocycles. The van der Waals surface area contributed by atoms with Gasteiger partial charge in [0.05, 0.1) is 19.0 Å². The van der Waals surface area contributed by atoms with Crippen LogP contribution in [0.2, 0.25) is 0 Å². The van der Waals surface area contributed by atoms with E-state index in [1.165, 1.54) is 19.4 Å². The number of hydrogen-bond donors (Lipinski definition) is 1. The van der Waals surface area contributed by atoms with E-state index in [1.807, 2.05) is 6.92 Å². The van der Waals surface area contributed by atoms with E-state index >= 15 is 0 Å².